The molecule has 1 aliphatic heterocycles. The van der Waals surface area contributed by atoms with Gasteiger partial charge >= 0.3 is 0 Å². The molecule has 0 bridgehead atoms. The highest BCUT2D eigenvalue weighted by atomic mass is 79.9. The Morgan fingerprint density at radius 2 is 1.65 bits per heavy atom. The van der Waals surface area contributed by atoms with Gasteiger partial charge in [0.05, 0.1) is 42.6 Å². The van der Waals surface area contributed by atoms with Gasteiger partial charge in [-0.2, -0.15) is 0 Å². The lowest BCUT2D eigenvalue weighted by atomic mass is 10.1. The fraction of sp³-hybridized carbons (Fsp3) is 0.579. The predicted molar refractivity (Wildman–Crippen MR) is 122 cm³/mol. The molecule has 26 heavy (non-hydrogen) atoms. The molecule has 7 heteroatoms. The highest BCUT2D eigenvalue weighted by Crippen LogP contribution is 2.38. The van der Waals surface area contributed by atoms with Crippen LogP contribution < -0.4 is 4.74 Å². The van der Waals surface area contributed by atoms with Crippen LogP contribution in [-0.2, 0) is 4.74 Å². The Morgan fingerprint density at radius 3 is 2.23 bits per heavy atom. The van der Waals surface area contributed by atoms with Crippen molar-refractivity contribution >= 4 is 63.7 Å². The number of rotatable bonds is 9. The standard InChI is InChI=1S/C19H26Br4NO2/c1-19(9-8-17(23)26-19)24(2,3)10-6-4-5-7-11-25-18-15(21)12-14(20)13-16(18)22/h8,12-13H,4-7,9-11H2,1-3H3/q+1. The van der Waals surface area contributed by atoms with E-state index in [9.17, 15) is 0 Å². The van der Waals surface area contributed by atoms with Gasteiger partial charge in [-0.3, -0.25) is 4.48 Å². The predicted octanol–water partition coefficient (Wildman–Crippen LogP) is 7.36. The summed E-state index contributed by atoms with van der Waals surface area (Å²) in [6.45, 7) is 4.03. The van der Waals surface area contributed by atoms with Crippen LogP contribution >= 0.6 is 63.7 Å². The van der Waals surface area contributed by atoms with E-state index in [1.807, 2.05) is 12.1 Å². The van der Waals surface area contributed by atoms with Crippen LogP contribution in [-0.4, -0.2) is 37.5 Å². The fourth-order valence-corrected chi connectivity index (χ4v) is 5.97. The van der Waals surface area contributed by atoms with Gasteiger partial charge in [-0.25, -0.2) is 0 Å². The molecule has 0 amide bonds. The molecular weight excluding hydrogens is 594 g/mol. The quantitative estimate of drug-likeness (QED) is 0.212. The molecule has 0 fully saturated rings. The molecule has 1 aromatic rings. The molecule has 0 aliphatic carbocycles. The number of ether oxygens (including phenoxy) is 2. The summed E-state index contributed by atoms with van der Waals surface area (Å²) in [7, 11) is 4.51. The van der Waals surface area contributed by atoms with Crippen molar-refractivity contribution in [2.45, 2.75) is 44.8 Å². The summed E-state index contributed by atoms with van der Waals surface area (Å²) in [5.74, 6) is 0.871. The first-order valence-electron chi connectivity index (χ1n) is 8.80. The van der Waals surface area contributed by atoms with E-state index in [-0.39, 0.29) is 5.72 Å². The summed E-state index contributed by atoms with van der Waals surface area (Å²) in [5.41, 5.74) is -0.165. The highest BCUT2D eigenvalue weighted by Gasteiger charge is 2.45. The zero-order valence-corrected chi connectivity index (χ0v) is 21.8. The molecule has 146 valence electrons. The van der Waals surface area contributed by atoms with Gasteiger partial charge < -0.3 is 9.47 Å². The monoisotopic (exact) mass is 616 g/mol. The molecule has 0 spiro atoms. The van der Waals surface area contributed by atoms with E-state index in [2.05, 4.69) is 90.8 Å². The molecule has 1 unspecified atom stereocenters. The van der Waals surface area contributed by atoms with Crippen molar-refractivity contribution in [1.29, 1.82) is 0 Å². The summed E-state index contributed by atoms with van der Waals surface area (Å²) in [6.07, 6.45) is 7.70. The van der Waals surface area contributed by atoms with Crippen LogP contribution in [0.3, 0.4) is 0 Å². The van der Waals surface area contributed by atoms with Gasteiger partial charge in [0.15, 0.2) is 4.67 Å². The van der Waals surface area contributed by atoms with E-state index < -0.39 is 0 Å². The van der Waals surface area contributed by atoms with E-state index >= 15 is 0 Å². The summed E-state index contributed by atoms with van der Waals surface area (Å²) in [6, 6.07) is 4.00. The number of hydrogen-bond donors (Lipinski definition) is 0. The molecule has 0 saturated heterocycles. The number of nitrogens with zero attached hydrogens (tertiary/aromatic N) is 1. The minimum Gasteiger partial charge on any atom is -0.491 e. The summed E-state index contributed by atoms with van der Waals surface area (Å²) < 4.78 is 16.6. The van der Waals surface area contributed by atoms with Crippen LogP contribution in [0.1, 0.15) is 39.0 Å². The van der Waals surface area contributed by atoms with Gasteiger partial charge in [-0.05, 0) is 91.7 Å². The third-order valence-electron chi connectivity index (χ3n) is 5.06. The number of benzene rings is 1. The van der Waals surface area contributed by atoms with E-state index in [0.717, 1.165) is 54.3 Å². The molecule has 0 aromatic heterocycles. The topological polar surface area (TPSA) is 18.5 Å². The largest absolute Gasteiger partial charge is 0.491 e. The van der Waals surface area contributed by atoms with Crippen molar-refractivity contribution in [1.82, 2.24) is 0 Å². The van der Waals surface area contributed by atoms with Crippen molar-refractivity contribution < 1.29 is 14.0 Å². The minimum absolute atomic E-state index is 0.165. The number of hydrogen-bond acceptors (Lipinski definition) is 2. The molecule has 0 N–H and O–H groups in total. The van der Waals surface area contributed by atoms with Gasteiger partial charge in [0.1, 0.15) is 5.75 Å². The van der Waals surface area contributed by atoms with Crippen LogP contribution in [0, 0.1) is 0 Å². The van der Waals surface area contributed by atoms with Gasteiger partial charge in [-0.15, -0.1) is 0 Å². The molecule has 0 radical (unpaired) electrons. The van der Waals surface area contributed by atoms with E-state index in [1.54, 1.807) is 0 Å². The second-order valence-electron chi connectivity index (χ2n) is 7.36. The molecular formula is C19H26Br4NO2+. The highest BCUT2D eigenvalue weighted by molar-refractivity contribution is 9.12. The molecule has 0 saturated carbocycles. The Labute approximate surface area is 190 Å². The SMILES string of the molecule is CC1([N+](C)(C)CCCCCCOc2c(Br)cc(Br)cc2Br)CC=C(Br)O1. The summed E-state index contributed by atoms with van der Waals surface area (Å²) in [4.78, 5) is 0. The van der Waals surface area contributed by atoms with Crippen molar-refractivity contribution in [3.63, 3.8) is 0 Å². The summed E-state index contributed by atoms with van der Waals surface area (Å²) >= 11 is 14.0. The van der Waals surface area contributed by atoms with Crippen LogP contribution in [0.15, 0.2) is 36.3 Å². The van der Waals surface area contributed by atoms with Crippen LogP contribution in [0.5, 0.6) is 5.75 Å². The lowest BCUT2D eigenvalue weighted by molar-refractivity contribution is -0.962. The number of quaternary nitrogens is 1. The Bertz CT molecular complexity index is 640. The van der Waals surface area contributed by atoms with Crippen molar-refractivity contribution in [2.75, 3.05) is 27.2 Å². The maximum atomic E-state index is 6.01. The first-order valence-corrected chi connectivity index (χ1v) is 12.0. The maximum Gasteiger partial charge on any atom is 0.244 e. The third kappa shape index (κ3) is 5.97. The Kier molecular flexibility index (Phi) is 8.54. The average molecular weight is 620 g/mol. The van der Waals surface area contributed by atoms with Crippen LogP contribution in [0.4, 0.5) is 0 Å². The Morgan fingerprint density at radius 1 is 1.04 bits per heavy atom. The Balaban J connectivity index is 1.66. The smallest absolute Gasteiger partial charge is 0.244 e. The van der Waals surface area contributed by atoms with E-state index in [1.165, 1.54) is 19.3 Å². The number of unbranched alkanes of at least 4 members (excludes halogenated alkanes) is 3. The summed E-state index contributed by atoms with van der Waals surface area (Å²) in [5, 5.41) is 0. The van der Waals surface area contributed by atoms with Crippen molar-refractivity contribution in [3.05, 3.63) is 36.3 Å². The normalized spacial score (nSPS) is 20.0. The first kappa shape index (κ1) is 22.7. The molecule has 3 nitrogen and oxygen atoms in total. The van der Waals surface area contributed by atoms with Crippen molar-refractivity contribution in [3.8, 4) is 5.75 Å². The minimum atomic E-state index is -0.165. The van der Waals surface area contributed by atoms with Gasteiger partial charge in [0.2, 0.25) is 5.72 Å². The molecule has 2 rings (SSSR count). The molecule has 1 heterocycles. The second-order valence-corrected chi connectivity index (χ2v) is 10.8. The lowest BCUT2D eigenvalue weighted by Crippen LogP contribution is -2.58. The maximum absolute atomic E-state index is 6.01. The van der Waals surface area contributed by atoms with Crippen LogP contribution in [0.2, 0.25) is 0 Å². The molecule has 1 aliphatic rings. The van der Waals surface area contributed by atoms with Crippen LogP contribution in [0.25, 0.3) is 0 Å². The molecule has 1 atom stereocenters. The van der Waals surface area contributed by atoms with E-state index in [0.29, 0.717) is 0 Å². The zero-order valence-electron chi connectivity index (χ0n) is 15.5. The molecule has 1 aromatic carbocycles. The second kappa shape index (κ2) is 9.77. The lowest BCUT2D eigenvalue weighted by Gasteiger charge is -2.43. The van der Waals surface area contributed by atoms with Crippen molar-refractivity contribution in [2.24, 2.45) is 0 Å². The van der Waals surface area contributed by atoms with Gasteiger partial charge in [0.25, 0.3) is 0 Å². The zero-order chi connectivity index (χ0) is 19.4. The Hall–Kier alpha value is 0.440. The fourth-order valence-electron chi connectivity index (χ4n) is 2.97. The van der Waals surface area contributed by atoms with Gasteiger partial charge in [0, 0.05) is 11.4 Å². The van der Waals surface area contributed by atoms with Gasteiger partial charge in [-0.1, -0.05) is 15.9 Å². The average Bonchev–Trinajstić information content (AvgIpc) is 2.89. The first-order chi connectivity index (χ1) is 12.1. The van der Waals surface area contributed by atoms with E-state index in [4.69, 9.17) is 9.47 Å². The third-order valence-corrected chi connectivity index (χ3v) is 7.18. The number of halogens is 4.